The second-order valence-corrected chi connectivity index (χ2v) is 11.2. The average molecular weight is 577 g/mol. The Balaban J connectivity index is 1.46. The number of benzene rings is 2. The topological polar surface area (TPSA) is 124 Å². The van der Waals surface area contributed by atoms with Crippen LogP contribution in [0.25, 0.3) is 0 Å². The molecule has 218 valence electrons. The highest BCUT2D eigenvalue weighted by Gasteiger charge is 2.32. The van der Waals surface area contributed by atoms with Gasteiger partial charge in [0, 0.05) is 38.5 Å². The van der Waals surface area contributed by atoms with Crippen LogP contribution >= 0.6 is 0 Å². The molecule has 2 aromatic rings. The Kier molecular flexibility index (Phi) is 10.4. The van der Waals surface area contributed by atoms with Crippen LogP contribution in [0, 0.1) is 0 Å². The summed E-state index contributed by atoms with van der Waals surface area (Å²) in [6.07, 6.45) is 1.46. The molecule has 2 aliphatic heterocycles. The first-order valence-electron chi connectivity index (χ1n) is 13.1. The van der Waals surface area contributed by atoms with Gasteiger partial charge in [-0.05, 0) is 48.0 Å². The van der Waals surface area contributed by atoms with Gasteiger partial charge in [-0.1, -0.05) is 12.1 Å². The van der Waals surface area contributed by atoms with Crippen LogP contribution in [-0.2, 0) is 29.0 Å². The summed E-state index contributed by atoms with van der Waals surface area (Å²) < 4.78 is 55.3. The summed E-state index contributed by atoms with van der Waals surface area (Å²) in [6.45, 7) is 1.39. The molecule has 4 rings (SSSR count). The number of aliphatic hydroxyl groups excluding tert-OH is 1. The van der Waals surface area contributed by atoms with E-state index >= 15 is 0 Å². The Hall–Kier alpha value is -3.16. The molecule has 40 heavy (non-hydrogen) atoms. The molecule has 0 unspecified atom stereocenters. The Morgan fingerprint density at radius 2 is 1.62 bits per heavy atom. The third-order valence-electron chi connectivity index (χ3n) is 6.80. The first kappa shape index (κ1) is 29.8. The molecule has 0 bridgehead atoms. The van der Waals surface area contributed by atoms with Crippen molar-refractivity contribution < 1.29 is 42.0 Å². The second kappa shape index (κ2) is 14.0. The van der Waals surface area contributed by atoms with Crippen LogP contribution in [0.1, 0.15) is 17.9 Å². The summed E-state index contributed by atoms with van der Waals surface area (Å²) >= 11 is 0. The van der Waals surface area contributed by atoms with Crippen molar-refractivity contribution >= 4 is 15.9 Å². The van der Waals surface area contributed by atoms with Crippen LogP contribution < -0.4 is 9.47 Å². The van der Waals surface area contributed by atoms with E-state index in [0.717, 1.165) is 15.6 Å². The van der Waals surface area contributed by atoms with Crippen LogP contribution in [0.2, 0.25) is 0 Å². The van der Waals surface area contributed by atoms with Crippen molar-refractivity contribution in [1.29, 1.82) is 0 Å². The number of sulfonamides is 1. The Morgan fingerprint density at radius 1 is 1.00 bits per heavy atom. The van der Waals surface area contributed by atoms with Gasteiger partial charge in [0.25, 0.3) is 5.91 Å². The van der Waals surface area contributed by atoms with Gasteiger partial charge in [-0.2, -0.15) is 4.31 Å². The molecular formula is C28H36N2O9S. The maximum Gasteiger partial charge on any atom is 0.288 e. The van der Waals surface area contributed by atoms with Gasteiger partial charge in [0.15, 0.2) is 5.76 Å². The molecule has 0 saturated carbocycles. The van der Waals surface area contributed by atoms with Gasteiger partial charge in [0.2, 0.25) is 16.3 Å². The van der Waals surface area contributed by atoms with Crippen molar-refractivity contribution in [3.63, 3.8) is 0 Å². The molecule has 0 radical (unpaired) electrons. The molecule has 2 aliphatic rings. The lowest BCUT2D eigenvalue weighted by Crippen LogP contribution is -2.43. The Bertz CT molecular complexity index is 1240. The van der Waals surface area contributed by atoms with E-state index in [1.807, 2.05) is 30.3 Å². The number of rotatable bonds is 12. The van der Waals surface area contributed by atoms with E-state index < -0.39 is 16.3 Å². The SMILES string of the molecule is COc1ccc([C@@H]2C=C(C(=O)N3CCOCC3)O[C@H](OCCN(CCO)S(=O)(=O)c3ccc(OC)cc3)C2)cc1. The number of aliphatic hydroxyl groups is 1. The zero-order valence-corrected chi connectivity index (χ0v) is 23.5. The smallest absolute Gasteiger partial charge is 0.288 e. The van der Waals surface area contributed by atoms with E-state index in [0.29, 0.717) is 38.5 Å². The fraction of sp³-hybridized carbons (Fsp3) is 0.464. The molecule has 2 heterocycles. The minimum absolute atomic E-state index is 0.00555. The molecule has 1 amide bonds. The normalized spacial score (nSPS) is 19.6. The molecule has 2 aromatic carbocycles. The predicted octanol–water partition coefficient (Wildman–Crippen LogP) is 1.98. The monoisotopic (exact) mass is 576 g/mol. The summed E-state index contributed by atoms with van der Waals surface area (Å²) in [5, 5.41) is 9.54. The highest BCUT2D eigenvalue weighted by Crippen LogP contribution is 2.33. The van der Waals surface area contributed by atoms with Gasteiger partial charge in [0.05, 0.1) is 45.5 Å². The molecule has 1 fully saturated rings. The van der Waals surface area contributed by atoms with Gasteiger partial charge >= 0.3 is 0 Å². The summed E-state index contributed by atoms with van der Waals surface area (Å²) in [5.74, 6) is 1.05. The van der Waals surface area contributed by atoms with Crippen LogP contribution in [-0.4, -0.2) is 102 Å². The lowest BCUT2D eigenvalue weighted by molar-refractivity contribution is -0.155. The third kappa shape index (κ3) is 7.32. The van der Waals surface area contributed by atoms with Crippen LogP contribution in [0.15, 0.2) is 65.3 Å². The third-order valence-corrected chi connectivity index (χ3v) is 8.71. The van der Waals surface area contributed by atoms with E-state index in [2.05, 4.69) is 0 Å². The highest BCUT2D eigenvalue weighted by molar-refractivity contribution is 7.89. The van der Waals surface area contributed by atoms with Crippen molar-refractivity contribution in [3.8, 4) is 11.5 Å². The van der Waals surface area contributed by atoms with E-state index in [4.69, 9.17) is 23.7 Å². The average Bonchev–Trinajstić information content (AvgIpc) is 3.00. The molecule has 1 N–H and O–H groups in total. The predicted molar refractivity (Wildman–Crippen MR) is 145 cm³/mol. The zero-order valence-electron chi connectivity index (χ0n) is 22.7. The standard InChI is InChI=1S/C28H36N2O9S/c1-35-23-5-3-21(4-6-23)22-19-26(28(32)29-12-16-37-17-13-29)39-27(20-22)38-18-14-30(11-15-31)40(33,34)25-9-7-24(36-2)8-10-25/h3-10,19,22,27,31H,11-18,20H2,1-2H3/t22-,27+/m1/s1. The maximum absolute atomic E-state index is 13.3. The minimum atomic E-state index is -3.89. The van der Waals surface area contributed by atoms with Gasteiger partial charge in [-0.3, -0.25) is 4.79 Å². The van der Waals surface area contributed by atoms with E-state index in [9.17, 15) is 18.3 Å². The highest BCUT2D eigenvalue weighted by atomic mass is 32.2. The fourth-order valence-corrected chi connectivity index (χ4v) is 5.98. The summed E-state index contributed by atoms with van der Waals surface area (Å²) in [5.41, 5.74) is 0.967. The number of allylic oxidation sites excluding steroid dienone is 1. The van der Waals surface area contributed by atoms with Crippen LogP contribution in [0.5, 0.6) is 11.5 Å². The van der Waals surface area contributed by atoms with Gasteiger partial charge in [-0.15, -0.1) is 0 Å². The van der Waals surface area contributed by atoms with E-state index in [-0.39, 0.29) is 48.8 Å². The lowest BCUT2D eigenvalue weighted by atomic mass is 9.92. The lowest BCUT2D eigenvalue weighted by Gasteiger charge is -2.33. The minimum Gasteiger partial charge on any atom is -0.497 e. The van der Waals surface area contributed by atoms with E-state index in [1.165, 1.54) is 19.2 Å². The molecule has 12 heteroatoms. The largest absolute Gasteiger partial charge is 0.497 e. The molecule has 0 spiro atoms. The summed E-state index contributed by atoms with van der Waals surface area (Å²) in [6, 6.07) is 13.6. The maximum atomic E-state index is 13.3. The molecule has 11 nitrogen and oxygen atoms in total. The summed E-state index contributed by atoms with van der Waals surface area (Å²) in [7, 11) is -0.790. The number of methoxy groups -OCH3 is 2. The number of carbonyl (C=O) groups is 1. The second-order valence-electron chi connectivity index (χ2n) is 9.27. The number of ether oxygens (including phenoxy) is 5. The van der Waals surface area contributed by atoms with Gasteiger partial charge in [-0.25, -0.2) is 8.42 Å². The van der Waals surface area contributed by atoms with Crippen molar-refractivity contribution in [2.45, 2.75) is 23.5 Å². The summed E-state index contributed by atoms with van der Waals surface area (Å²) in [4.78, 5) is 15.0. The molecule has 0 aliphatic carbocycles. The first-order chi connectivity index (χ1) is 19.3. The van der Waals surface area contributed by atoms with Crippen LogP contribution in [0.3, 0.4) is 0 Å². The quantitative estimate of drug-likeness (QED) is 0.404. The molecule has 2 atom stereocenters. The number of hydrogen-bond donors (Lipinski definition) is 1. The van der Waals surface area contributed by atoms with Gasteiger partial charge in [0.1, 0.15) is 11.5 Å². The number of morpholine rings is 1. The number of amides is 1. The Labute approximate surface area is 234 Å². The molecular weight excluding hydrogens is 540 g/mol. The zero-order chi connectivity index (χ0) is 28.5. The Morgan fingerprint density at radius 3 is 2.23 bits per heavy atom. The number of carbonyl (C=O) groups excluding carboxylic acids is 1. The van der Waals surface area contributed by atoms with Crippen LogP contribution in [0.4, 0.5) is 0 Å². The number of hydrogen-bond acceptors (Lipinski definition) is 9. The molecule has 0 aromatic heterocycles. The van der Waals surface area contributed by atoms with Crippen molar-refractivity contribution in [2.75, 3.05) is 66.8 Å². The van der Waals surface area contributed by atoms with Gasteiger partial charge < -0.3 is 33.7 Å². The fourth-order valence-electron chi connectivity index (χ4n) is 4.56. The first-order valence-corrected chi connectivity index (χ1v) is 14.6. The van der Waals surface area contributed by atoms with Crippen molar-refractivity contribution in [2.24, 2.45) is 0 Å². The van der Waals surface area contributed by atoms with E-state index in [1.54, 1.807) is 24.1 Å². The van der Waals surface area contributed by atoms with Crippen molar-refractivity contribution in [1.82, 2.24) is 9.21 Å². The van der Waals surface area contributed by atoms with Crippen molar-refractivity contribution in [3.05, 3.63) is 65.9 Å². The molecule has 1 saturated heterocycles. The number of nitrogens with zero attached hydrogens (tertiary/aromatic N) is 2.